The average molecular weight is 367 g/mol. The Bertz CT molecular complexity index is 529. The third kappa shape index (κ3) is 5.03. The predicted molar refractivity (Wildman–Crippen MR) is 99.7 cm³/mol. The van der Waals surface area contributed by atoms with Gasteiger partial charge in [0.15, 0.2) is 0 Å². The molecule has 1 amide bonds. The molecule has 3 rings (SSSR count). The summed E-state index contributed by atoms with van der Waals surface area (Å²) in [6.07, 6.45) is 4.90. The van der Waals surface area contributed by atoms with E-state index >= 15 is 0 Å². The Balaban J connectivity index is 1.52. The Morgan fingerprint density at radius 3 is 2.92 bits per heavy atom. The number of hydrogen-bond acceptors (Lipinski definition) is 5. The van der Waals surface area contributed by atoms with Crippen LogP contribution in [0.15, 0.2) is 16.8 Å². The van der Waals surface area contributed by atoms with Crippen LogP contribution >= 0.6 is 11.3 Å². The third-order valence-corrected chi connectivity index (χ3v) is 6.20. The Labute approximate surface area is 154 Å². The molecule has 1 saturated carbocycles. The first-order valence-electron chi connectivity index (χ1n) is 9.33. The van der Waals surface area contributed by atoms with Crippen LogP contribution in [0.4, 0.5) is 0 Å². The van der Waals surface area contributed by atoms with Gasteiger partial charge in [-0.25, -0.2) is 0 Å². The summed E-state index contributed by atoms with van der Waals surface area (Å²) in [6, 6.07) is 2.54. The highest BCUT2D eigenvalue weighted by Crippen LogP contribution is 2.56. The van der Waals surface area contributed by atoms with Gasteiger partial charge in [0.25, 0.3) is 0 Å². The van der Waals surface area contributed by atoms with E-state index in [1.165, 1.54) is 24.8 Å². The van der Waals surface area contributed by atoms with Crippen molar-refractivity contribution in [3.05, 3.63) is 22.4 Å². The van der Waals surface area contributed by atoms with Crippen molar-refractivity contribution in [3.8, 4) is 0 Å². The molecule has 1 unspecified atom stereocenters. The van der Waals surface area contributed by atoms with E-state index in [1.54, 1.807) is 18.4 Å². The van der Waals surface area contributed by atoms with Crippen molar-refractivity contribution in [2.75, 3.05) is 40.0 Å². The van der Waals surface area contributed by atoms with Crippen molar-refractivity contribution in [3.63, 3.8) is 0 Å². The monoisotopic (exact) mass is 366 g/mol. The van der Waals surface area contributed by atoms with Gasteiger partial charge < -0.3 is 19.7 Å². The van der Waals surface area contributed by atoms with Crippen LogP contribution in [-0.4, -0.2) is 56.9 Å². The van der Waals surface area contributed by atoms with Crippen LogP contribution in [0.1, 0.15) is 37.7 Å². The minimum Gasteiger partial charge on any atom is -0.385 e. The van der Waals surface area contributed by atoms with Gasteiger partial charge in [0.2, 0.25) is 5.91 Å². The maximum atomic E-state index is 12.9. The van der Waals surface area contributed by atoms with Crippen molar-refractivity contribution in [2.24, 2.45) is 5.41 Å². The van der Waals surface area contributed by atoms with E-state index in [2.05, 4.69) is 27.0 Å². The molecule has 1 aromatic heterocycles. The molecule has 25 heavy (non-hydrogen) atoms. The van der Waals surface area contributed by atoms with Crippen LogP contribution in [0.3, 0.4) is 0 Å². The molecule has 0 aromatic carbocycles. The second-order valence-electron chi connectivity index (χ2n) is 7.19. The summed E-state index contributed by atoms with van der Waals surface area (Å²) >= 11 is 1.70. The number of carbonyl (C=O) groups is 1. The minimum absolute atomic E-state index is 0.235. The number of carbonyl (C=O) groups excluding carboxylic acids is 1. The number of piperidine rings is 1. The summed E-state index contributed by atoms with van der Waals surface area (Å²) in [5.41, 5.74) is 1.62. The van der Waals surface area contributed by atoms with Gasteiger partial charge in [-0.1, -0.05) is 0 Å². The van der Waals surface area contributed by atoms with Crippen LogP contribution in [0, 0.1) is 5.41 Å². The van der Waals surface area contributed by atoms with Crippen LogP contribution in [0.5, 0.6) is 0 Å². The summed E-state index contributed by atoms with van der Waals surface area (Å²) in [5, 5.41) is 7.68. The molecule has 1 atom stereocenters. The van der Waals surface area contributed by atoms with E-state index in [1.807, 2.05) is 0 Å². The lowest BCUT2D eigenvalue weighted by Gasteiger charge is -2.29. The van der Waals surface area contributed by atoms with Crippen molar-refractivity contribution < 1.29 is 14.3 Å². The zero-order valence-electron chi connectivity index (χ0n) is 15.2. The highest BCUT2D eigenvalue weighted by Gasteiger charge is 2.57. The van der Waals surface area contributed by atoms with Gasteiger partial charge in [0, 0.05) is 32.9 Å². The maximum absolute atomic E-state index is 12.9. The van der Waals surface area contributed by atoms with Crippen LogP contribution in [-0.2, 0) is 20.8 Å². The summed E-state index contributed by atoms with van der Waals surface area (Å²) in [4.78, 5) is 15.0. The average Bonchev–Trinajstić information content (AvgIpc) is 3.06. The Morgan fingerprint density at radius 2 is 2.20 bits per heavy atom. The lowest BCUT2D eigenvalue weighted by atomic mass is 9.93. The molecule has 6 heteroatoms. The van der Waals surface area contributed by atoms with Gasteiger partial charge in [0.1, 0.15) is 0 Å². The molecular formula is C19H30N2O3S. The summed E-state index contributed by atoms with van der Waals surface area (Å²) in [5.74, 6) is 0.235. The molecular weight excluding hydrogens is 336 g/mol. The quantitative estimate of drug-likeness (QED) is 0.647. The fourth-order valence-electron chi connectivity index (χ4n) is 3.89. The molecule has 1 N–H and O–H groups in total. The van der Waals surface area contributed by atoms with Gasteiger partial charge in [-0.05, 0) is 66.6 Å². The lowest BCUT2D eigenvalue weighted by Crippen LogP contribution is -2.39. The first kappa shape index (κ1) is 18.8. The normalized spacial score (nSPS) is 21.4. The highest BCUT2D eigenvalue weighted by atomic mass is 32.1. The van der Waals surface area contributed by atoms with Crippen molar-refractivity contribution in [1.29, 1.82) is 0 Å². The van der Waals surface area contributed by atoms with Crippen molar-refractivity contribution in [2.45, 2.75) is 44.7 Å². The SMILES string of the molecule is COCCCOCCC(=O)N(Cc1ccsc1)C1CC12CCNCC2. The number of rotatable bonds is 10. The molecule has 140 valence electrons. The predicted octanol–water partition coefficient (Wildman–Crippen LogP) is 2.66. The van der Waals surface area contributed by atoms with Gasteiger partial charge in [-0.3, -0.25) is 4.79 Å². The number of hydrogen-bond donors (Lipinski definition) is 1. The van der Waals surface area contributed by atoms with Gasteiger partial charge in [-0.2, -0.15) is 11.3 Å². The zero-order valence-corrected chi connectivity index (χ0v) is 16.0. The van der Waals surface area contributed by atoms with Gasteiger partial charge >= 0.3 is 0 Å². The standard InChI is InChI=1S/C19H30N2O3S/c1-23-9-2-10-24-11-3-18(22)21(14-16-4-12-25-15-16)17-13-19(17)5-7-20-8-6-19/h4,12,15,17,20H,2-3,5-11,13-14H2,1H3. The van der Waals surface area contributed by atoms with Crippen LogP contribution in [0.2, 0.25) is 0 Å². The molecule has 2 heterocycles. The Kier molecular flexibility index (Phi) is 6.87. The Hall–Kier alpha value is -0.950. The molecule has 1 aliphatic heterocycles. The van der Waals surface area contributed by atoms with E-state index in [4.69, 9.17) is 9.47 Å². The molecule has 1 aliphatic carbocycles. The Morgan fingerprint density at radius 1 is 1.36 bits per heavy atom. The minimum atomic E-state index is 0.235. The van der Waals surface area contributed by atoms with E-state index in [-0.39, 0.29) is 5.91 Å². The number of thiophene rings is 1. The fourth-order valence-corrected chi connectivity index (χ4v) is 4.55. The van der Waals surface area contributed by atoms with Crippen LogP contribution < -0.4 is 5.32 Å². The molecule has 0 radical (unpaired) electrons. The largest absolute Gasteiger partial charge is 0.385 e. The summed E-state index contributed by atoms with van der Waals surface area (Å²) < 4.78 is 10.6. The molecule has 2 aliphatic rings. The molecule has 5 nitrogen and oxygen atoms in total. The number of amides is 1. The van der Waals surface area contributed by atoms with Gasteiger partial charge in [0.05, 0.1) is 13.0 Å². The second kappa shape index (κ2) is 9.12. The summed E-state index contributed by atoms with van der Waals surface area (Å²) in [6.45, 7) is 4.77. The molecule has 0 bridgehead atoms. The molecule has 2 fully saturated rings. The van der Waals surface area contributed by atoms with Crippen LogP contribution in [0.25, 0.3) is 0 Å². The number of nitrogens with one attached hydrogen (secondary N) is 1. The molecule has 1 saturated heterocycles. The highest BCUT2D eigenvalue weighted by molar-refractivity contribution is 7.07. The first-order chi connectivity index (χ1) is 12.2. The van der Waals surface area contributed by atoms with E-state index in [9.17, 15) is 4.79 Å². The number of nitrogens with zero attached hydrogens (tertiary/aromatic N) is 1. The molecule has 1 spiro atoms. The molecule has 1 aromatic rings. The summed E-state index contributed by atoms with van der Waals surface area (Å²) in [7, 11) is 1.69. The van der Waals surface area contributed by atoms with Gasteiger partial charge in [-0.15, -0.1) is 0 Å². The van der Waals surface area contributed by atoms with Crippen molar-refractivity contribution in [1.82, 2.24) is 10.2 Å². The number of methoxy groups -OCH3 is 1. The van der Waals surface area contributed by atoms with E-state index < -0.39 is 0 Å². The third-order valence-electron chi connectivity index (χ3n) is 5.47. The zero-order chi connectivity index (χ0) is 17.5. The van der Waals surface area contributed by atoms with Crippen molar-refractivity contribution >= 4 is 17.2 Å². The fraction of sp³-hybridized carbons (Fsp3) is 0.737. The second-order valence-corrected chi connectivity index (χ2v) is 7.97. The number of ether oxygens (including phenoxy) is 2. The smallest absolute Gasteiger partial charge is 0.225 e. The lowest BCUT2D eigenvalue weighted by molar-refractivity contribution is -0.134. The maximum Gasteiger partial charge on any atom is 0.225 e. The first-order valence-corrected chi connectivity index (χ1v) is 10.3. The van der Waals surface area contributed by atoms with E-state index in [0.717, 1.165) is 26.1 Å². The van der Waals surface area contributed by atoms with E-state index in [0.29, 0.717) is 37.7 Å². The topological polar surface area (TPSA) is 50.8 Å².